The Balaban J connectivity index is 1.88. The first-order chi connectivity index (χ1) is 10.5. The van der Waals surface area contributed by atoms with Crippen molar-refractivity contribution in [3.05, 3.63) is 35.4 Å². The highest BCUT2D eigenvalue weighted by Crippen LogP contribution is 2.25. The molecule has 1 aromatic carbocycles. The van der Waals surface area contributed by atoms with Gasteiger partial charge in [0.1, 0.15) is 0 Å². The van der Waals surface area contributed by atoms with Gasteiger partial charge in [-0.15, -0.1) is 0 Å². The smallest absolute Gasteiger partial charge is 0.220 e. The average Bonchev–Trinajstić information content (AvgIpc) is 2.50. The highest BCUT2D eigenvalue weighted by Gasteiger charge is 2.22. The van der Waals surface area contributed by atoms with Crippen LogP contribution in [0, 0.1) is 17.6 Å². The molecular formula is C16H21F2NO2S. The minimum Gasteiger partial charge on any atom is -0.386 e. The summed E-state index contributed by atoms with van der Waals surface area (Å²) in [5, 5.41) is 12.9. The first-order valence-electron chi connectivity index (χ1n) is 7.47. The third-order valence-electron chi connectivity index (χ3n) is 3.96. The van der Waals surface area contributed by atoms with Crippen LogP contribution in [0.1, 0.15) is 37.9 Å². The number of thioether (sulfide) groups is 1. The lowest BCUT2D eigenvalue weighted by Crippen LogP contribution is -2.38. The van der Waals surface area contributed by atoms with Crippen LogP contribution in [0.3, 0.4) is 0 Å². The molecule has 0 aromatic heterocycles. The lowest BCUT2D eigenvalue weighted by atomic mass is 9.97. The molecule has 1 aliphatic rings. The van der Waals surface area contributed by atoms with E-state index in [1.54, 1.807) is 6.92 Å². The Morgan fingerprint density at radius 2 is 2.05 bits per heavy atom. The molecule has 0 radical (unpaired) electrons. The van der Waals surface area contributed by atoms with Crippen molar-refractivity contribution >= 4 is 17.7 Å². The molecule has 1 fully saturated rings. The van der Waals surface area contributed by atoms with Gasteiger partial charge < -0.3 is 10.4 Å². The summed E-state index contributed by atoms with van der Waals surface area (Å²) in [6, 6.07) is 2.70. The molecular weight excluding hydrogens is 308 g/mol. The lowest BCUT2D eigenvalue weighted by Gasteiger charge is -2.24. The van der Waals surface area contributed by atoms with Crippen molar-refractivity contribution < 1.29 is 18.7 Å². The van der Waals surface area contributed by atoms with E-state index < -0.39 is 23.8 Å². The summed E-state index contributed by atoms with van der Waals surface area (Å²) in [5.41, 5.74) is 0.251. The van der Waals surface area contributed by atoms with Crippen LogP contribution in [-0.4, -0.2) is 28.6 Å². The largest absolute Gasteiger partial charge is 0.386 e. The van der Waals surface area contributed by atoms with Crippen LogP contribution in [0.5, 0.6) is 0 Å². The summed E-state index contributed by atoms with van der Waals surface area (Å²) in [6.07, 6.45) is 1.46. The molecule has 1 aliphatic heterocycles. The molecule has 22 heavy (non-hydrogen) atoms. The van der Waals surface area contributed by atoms with Crippen LogP contribution in [0.4, 0.5) is 8.78 Å². The topological polar surface area (TPSA) is 49.3 Å². The van der Waals surface area contributed by atoms with Crippen LogP contribution < -0.4 is 5.32 Å². The maximum Gasteiger partial charge on any atom is 0.220 e. The van der Waals surface area contributed by atoms with Crippen LogP contribution in [0.25, 0.3) is 0 Å². The van der Waals surface area contributed by atoms with E-state index in [2.05, 4.69) is 5.32 Å². The molecule has 2 N–H and O–H groups in total. The van der Waals surface area contributed by atoms with E-state index in [0.717, 1.165) is 36.5 Å². The fourth-order valence-electron chi connectivity index (χ4n) is 2.59. The molecule has 2 atom stereocenters. The van der Waals surface area contributed by atoms with Crippen LogP contribution in [0.2, 0.25) is 0 Å². The number of rotatable bonds is 5. The minimum atomic E-state index is -1.07. The van der Waals surface area contributed by atoms with Gasteiger partial charge in [0.25, 0.3) is 0 Å². The van der Waals surface area contributed by atoms with Crippen molar-refractivity contribution in [2.24, 2.45) is 5.92 Å². The quantitative estimate of drug-likeness (QED) is 0.873. The van der Waals surface area contributed by atoms with E-state index in [-0.39, 0.29) is 11.5 Å². The van der Waals surface area contributed by atoms with Crippen molar-refractivity contribution in [3.63, 3.8) is 0 Å². The predicted molar refractivity (Wildman–Crippen MR) is 83.6 cm³/mol. The van der Waals surface area contributed by atoms with Gasteiger partial charge in [-0.25, -0.2) is 8.78 Å². The zero-order valence-electron chi connectivity index (χ0n) is 12.5. The normalized spacial score (nSPS) is 18.7. The number of amides is 1. The lowest BCUT2D eigenvalue weighted by molar-refractivity contribution is -0.123. The number of aliphatic hydroxyl groups excluding tert-OH is 1. The minimum absolute atomic E-state index is 0.106. The third-order valence-corrected chi connectivity index (χ3v) is 5.01. The molecule has 2 rings (SSSR count). The van der Waals surface area contributed by atoms with Crippen molar-refractivity contribution in [1.29, 1.82) is 0 Å². The molecule has 6 heteroatoms. The van der Waals surface area contributed by atoms with Crippen molar-refractivity contribution in [2.75, 3.05) is 11.5 Å². The van der Waals surface area contributed by atoms with Gasteiger partial charge in [-0.1, -0.05) is 6.07 Å². The van der Waals surface area contributed by atoms with Gasteiger partial charge in [-0.05, 0) is 54.9 Å². The molecule has 0 bridgehead atoms. The summed E-state index contributed by atoms with van der Waals surface area (Å²) in [6.45, 7) is 1.65. The zero-order chi connectivity index (χ0) is 16.1. The molecule has 122 valence electrons. The maximum atomic E-state index is 13.2. The molecule has 0 saturated carbocycles. The summed E-state index contributed by atoms with van der Waals surface area (Å²) in [5.74, 6) is 0.508. The second-order valence-corrected chi connectivity index (χ2v) is 6.96. The molecule has 1 heterocycles. The Labute approximate surface area is 133 Å². The molecule has 1 amide bonds. The second kappa shape index (κ2) is 7.92. The van der Waals surface area contributed by atoms with Gasteiger partial charge in [0, 0.05) is 6.42 Å². The van der Waals surface area contributed by atoms with E-state index in [0.29, 0.717) is 12.3 Å². The SMILES string of the molecule is CC(NC(=O)CC1CCSCC1)C(O)c1ccc(F)c(F)c1. The number of nitrogens with one attached hydrogen (secondary N) is 1. The van der Waals surface area contributed by atoms with E-state index in [1.807, 2.05) is 11.8 Å². The molecule has 0 spiro atoms. The monoisotopic (exact) mass is 329 g/mol. The van der Waals surface area contributed by atoms with E-state index in [1.165, 1.54) is 6.07 Å². The molecule has 3 nitrogen and oxygen atoms in total. The van der Waals surface area contributed by atoms with Gasteiger partial charge in [0.2, 0.25) is 5.91 Å². The number of hydrogen-bond acceptors (Lipinski definition) is 3. The molecule has 1 aromatic rings. The van der Waals surface area contributed by atoms with Crippen molar-refractivity contribution in [3.8, 4) is 0 Å². The Bertz CT molecular complexity index is 521. The van der Waals surface area contributed by atoms with Crippen LogP contribution in [0.15, 0.2) is 18.2 Å². The standard InChI is InChI=1S/C16H21F2NO2S/c1-10(16(21)12-2-3-13(17)14(18)9-12)19-15(20)8-11-4-6-22-7-5-11/h2-3,9-11,16,21H,4-8H2,1H3,(H,19,20). The number of benzene rings is 1. The average molecular weight is 329 g/mol. The van der Waals surface area contributed by atoms with Gasteiger partial charge in [-0.2, -0.15) is 11.8 Å². The fraction of sp³-hybridized carbons (Fsp3) is 0.562. The summed E-state index contributed by atoms with van der Waals surface area (Å²) in [4.78, 5) is 12.0. The Morgan fingerprint density at radius 3 is 2.68 bits per heavy atom. The summed E-state index contributed by atoms with van der Waals surface area (Å²) >= 11 is 1.91. The van der Waals surface area contributed by atoms with Crippen molar-refractivity contribution in [1.82, 2.24) is 5.32 Å². The van der Waals surface area contributed by atoms with Crippen molar-refractivity contribution in [2.45, 2.75) is 38.3 Å². The number of halogens is 2. The van der Waals surface area contributed by atoms with Gasteiger partial charge in [0.05, 0.1) is 12.1 Å². The van der Waals surface area contributed by atoms with Gasteiger partial charge in [0.15, 0.2) is 11.6 Å². The van der Waals surface area contributed by atoms with E-state index in [4.69, 9.17) is 0 Å². The number of carbonyl (C=O) groups is 1. The van der Waals surface area contributed by atoms with Crippen LogP contribution >= 0.6 is 11.8 Å². The first-order valence-corrected chi connectivity index (χ1v) is 8.63. The van der Waals surface area contributed by atoms with Crippen LogP contribution in [-0.2, 0) is 4.79 Å². The molecule has 0 aliphatic carbocycles. The predicted octanol–water partition coefficient (Wildman–Crippen LogP) is 3.04. The van der Waals surface area contributed by atoms with E-state index in [9.17, 15) is 18.7 Å². The fourth-order valence-corrected chi connectivity index (χ4v) is 3.79. The number of carbonyl (C=O) groups excluding carboxylic acids is 1. The third kappa shape index (κ3) is 4.68. The number of hydrogen-bond donors (Lipinski definition) is 2. The first kappa shape index (κ1) is 17.2. The summed E-state index contributed by atoms with van der Waals surface area (Å²) < 4.78 is 26.1. The Morgan fingerprint density at radius 1 is 1.36 bits per heavy atom. The zero-order valence-corrected chi connectivity index (χ0v) is 13.3. The van der Waals surface area contributed by atoms with Gasteiger partial charge >= 0.3 is 0 Å². The summed E-state index contributed by atoms with van der Waals surface area (Å²) in [7, 11) is 0. The second-order valence-electron chi connectivity index (χ2n) is 5.73. The maximum absolute atomic E-state index is 13.2. The Hall–Kier alpha value is -1.14. The van der Waals surface area contributed by atoms with E-state index >= 15 is 0 Å². The van der Waals surface area contributed by atoms with Gasteiger partial charge in [-0.3, -0.25) is 4.79 Å². The molecule has 2 unspecified atom stereocenters. The number of aliphatic hydroxyl groups is 1. The Kier molecular flexibility index (Phi) is 6.20. The highest BCUT2D eigenvalue weighted by atomic mass is 32.2. The molecule has 1 saturated heterocycles. The highest BCUT2D eigenvalue weighted by molar-refractivity contribution is 7.99.